The van der Waals surface area contributed by atoms with Gasteiger partial charge in [-0.25, -0.2) is 0 Å². The van der Waals surface area contributed by atoms with Gasteiger partial charge in [-0.2, -0.15) is 0 Å². The van der Waals surface area contributed by atoms with Crippen LogP contribution in [-0.4, -0.2) is 55.4 Å². The molecule has 0 aromatic heterocycles. The van der Waals surface area contributed by atoms with Crippen LogP contribution in [0.3, 0.4) is 0 Å². The number of benzene rings is 1. The summed E-state index contributed by atoms with van der Waals surface area (Å²) in [4.78, 5) is 9.30. The Kier molecular flexibility index (Phi) is 3.50. The number of fused-ring (bicyclic) bond motifs is 1. The maximum absolute atomic E-state index is 5.48. The summed E-state index contributed by atoms with van der Waals surface area (Å²) in [5.41, 5.74) is 3.82. The van der Waals surface area contributed by atoms with Crippen molar-refractivity contribution in [1.29, 1.82) is 0 Å². The molecule has 0 spiro atoms. The Morgan fingerprint density at radius 3 is 2.68 bits per heavy atom. The van der Waals surface area contributed by atoms with E-state index in [0.717, 1.165) is 39.4 Å². The fourth-order valence-corrected chi connectivity index (χ4v) is 3.31. The molecule has 1 unspecified atom stereocenters. The van der Waals surface area contributed by atoms with Gasteiger partial charge in [0, 0.05) is 25.8 Å². The van der Waals surface area contributed by atoms with Crippen molar-refractivity contribution in [3.05, 3.63) is 46.9 Å². The molecule has 0 bridgehead atoms. The Morgan fingerprint density at radius 1 is 1.14 bits per heavy atom. The van der Waals surface area contributed by atoms with Gasteiger partial charge in [-0.1, -0.05) is 29.8 Å². The van der Waals surface area contributed by atoms with Crippen molar-refractivity contribution in [3.63, 3.8) is 0 Å². The van der Waals surface area contributed by atoms with E-state index in [-0.39, 0.29) is 6.17 Å². The van der Waals surface area contributed by atoms with E-state index in [1.807, 2.05) is 6.21 Å². The van der Waals surface area contributed by atoms with Gasteiger partial charge >= 0.3 is 0 Å². The van der Waals surface area contributed by atoms with Gasteiger partial charge in [0.15, 0.2) is 0 Å². The van der Waals surface area contributed by atoms with Crippen molar-refractivity contribution < 1.29 is 4.74 Å². The largest absolute Gasteiger partial charge is 0.378 e. The summed E-state index contributed by atoms with van der Waals surface area (Å²) in [6.07, 6.45) is 2.23. The van der Waals surface area contributed by atoms with E-state index in [2.05, 4.69) is 51.3 Å². The minimum Gasteiger partial charge on any atom is -0.378 e. The SMILES string of the molecule is Cc1ccc(C2NC(N3CCOCC3)=C3C=NCCN32)cc1. The molecule has 1 aromatic rings. The van der Waals surface area contributed by atoms with Gasteiger partial charge in [0.1, 0.15) is 12.0 Å². The first-order valence-corrected chi connectivity index (χ1v) is 7.99. The summed E-state index contributed by atoms with van der Waals surface area (Å²) in [5, 5.41) is 3.72. The Balaban J connectivity index is 1.65. The summed E-state index contributed by atoms with van der Waals surface area (Å²) in [7, 11) is 0. The highest BCUT2D eigenvalue weighted by Gasteiger charge is 2.35. The number of aryl methyl sites for hydroxylation is 1. The van der Waals surface area contributed by atoms with Crippen molar-refractivity contribution >= 4 is 6.21 Å². The van der Waals surface area contributed by atoms with Crippen molar-refractivity contribution in [1.82, 2.24) is 15.1 Å². The maximum Gasteiger partial charge on any atom is 0.129 e. The zero-order valence-electron chi connectivity index (χ0n) is 13.0. The van der Waals surface area contributed by atoms with Crippen LogP contribution < -0.4 is 5.32 Å². The van der Waals surface area contributed by atoms with Crippen LogP contribution in [0.2, 0.25) is 0 Å². The highest BCUT2D eigenvalue weighted by atomic mass is 16.5. The molecule has 5 nitrogen and oxygen atoms in total. The molecule has 4 rings (SSSR count). The van der Waals surface area contributed by atoms with Crippen molar-refractivity contribution in [3.8, 4) is 0 Å². The minimum atomic E-state index is 0.209. The molecule has 0 radical (unpaired) electrons. The zero-order valence-corrected chi connectivity index (χ0v) is 13.0. The molecule has 1 saturated heterocycles. The molecule has 3 aliphatic rings. The second-order valence-corrected chi connectivity index (χ2v) is 6.02. The molecule has 1 fully saturated rings. The second-order valence-electron chi connectivity index (χ2n) is 6.02. The van der Waals surface area contributed by atoms with Crippen molar-refractivity contribution in [2.24, 2.45) is 4.99 Å². The number of morpholine rings is 1. The smallest absolute Gasteiger partial charge is 0.129 e. The number of rotatable bonds is 2. The molecule has 0 amide bonds. The fourth-order valence-electron chi connectivity index (χ4n) is 3.31. The second kappa shape index (κ2) is 5.65. The first kappa shape index (κ1) is 13.6. The molecule has 3 aliphatic heterocycles. The quantitative estimate of drug-likeness (QED) is 0.898. The minimum absolute atomic E-state index is 0.209. The molecular formula is C17H22N4O. The third-order valence-corrected chi connectivity index (χ3v) is 4.54. The van der Waals surface area contributed by atoms with E-state index in [1.54, 1.807) is 0 Å². The first-order chi connectivity index (χ1) is 10.8. The van der Waals surface area contributed by atoms with E-state index in [0.29, 0.717) is 0 Å². The lowest BCUT2D eigenvalue weighted by atomic mass is 10.1. The van der Waals surface area contributed by atoms with E-state index in [9.17, 15) is 0 Å². The Morgan fingerprint density at radius 2 is 1.91 bits per heavy atom. The zero-order chi connectivity index (χ0) is 14.9. The average Bonchev–Trinajstić information content (AvgIpc) is 2.96. The lowest BCUT2D eigenvalue weighted by molar-refractivity contribution is 0.0503. The summed E-state index contributed by atoms with van der Waals surface area (Å²) in [6.45, 7) is 7.43. The van der Waals surface area contributed by atoms with Gasteiger partial charge in [-0.05, 0) is 12.5 Å². The van der Waals surface area contributed by atoms with Crippen LogP contribution in [0.1, 0.15) is 17.3 Å². The normalized spacial score (nSPS) is 24.5. The van der Waals surface area contributed by atoms with Gasteiger partial charge in [0.25, 0.3) is 0 Å². The third-order valence-electron chi connectivity index (χ3n) is 4.54. The van der Waals surface area contributed by atoms with Gasteiger partial charge < -0.3 is 19.9 Å². The van der Waals surface area contributed by atoms with Crippen LogP contribution in [0, 0.1) is 6.92 Å². The average molecular weight is 298 g/mol. The standard InChI is InChI=1S/C17H22N4O/c1-13-2-4-14(5-3-13)16-19-17(20-8-10-22-11-9-20)15-12-18-6-7-21(15)16/h2-5,12,16,19H,6-11H2,1H3. The highest BCUT2D eigenvalue weighted by molar-refractivity contribution is 5.80. The third kappa shape index (κ3) is 2.35. The number of aliphatic imine (C=N–C) groups is 1. The van der Waals surface area contributed by atoms with Crippen molar-refractivity contribution in [2.45, 2.75) is 13.1 Å². The summed E-state index contributed by atoms with van der Waals surface area (Å²) in [5.74, 6) is 1.21. The molecular weight excluding hydrogens is 276 g/mol. The van der Waals surface area contributed by atoms with Crippen LogP contribution in [-0.2, 0) is 4.74 Å². The lowest BCUT2D eigenvalue weighted by Gasteiger charge is -2.30. The first-order valence-electron chi connectivity index (χ1n) is 7.99. The molecule has 0 aliphatic carbocycles. The van der Waals surface area contributed by atoms with Crippen LogP contribution in [0.25, 0.3) is 0 Å². The predicted molar refractivity (Wildman–Crippen MR) is 86.5 cm³/mol. The fraction of sp³-hybridized carbons (Fsp3) is 0.471. The summed E-state index contributed by atoms with van der Waals surface area (Å²) < 4.78 is 5.48. The van der Waals surface area contributed by atoms with Crippen LogP contribution in [0.5, 0.6) is 0 Å². The summed E-state index contributed by atoms with van der Waals surface area (Å²) in [6, 6.07) is 8.81. The molecule has 22 heavy (non-hydrogen) atoms. The molecule has 1 N–H and O–H groups in total. The molecule has 116 valence electrons. The highest BCUT2D eigenvalue weighted by Crippen LogP contribution is 2.32. The Hall–Kier alpha value is -2.01. The molecule has 3 heterocycles. The van der Waals surface area contributed by atoms with E-state index < -0.39 is 0 Å². The number of nitrogens with one attached hydrogen (secondary N) is 1. The Labute approximate surface area is 131 Å². The van der Waals surface area contributed by atoms with Crippen LogP contribution in [0.15, 0.2) is 40.8 Å². The number of nitrogens with zero attached hydrogens (tertiary/aromatic N) is 3. The Bertz CT molecular complexity index is 602. The molecule has 5 heteroatoms. The van der Waals surface area contributed by atoms with Gasteiger partial charge in [-0.3, -0.25) is 4.99 Å². The van der Waals surface area contributed by atoms with Crippen LogP contribution in [0.4, 0.5) is 0 Å². The predicted octanol–water partition coefficient (Wildman–Crippen LogP) is 1.48. The number of hydrogen-bond donors (Lipinski definition) is 1. The molecule has 0 saturated carbocycles. The molecule has 1 aromatic carbocycles. The van der Waals surface area contributed by atoms with Crippen molar-refractivity contribution in [2.75, 3.05) is 39.4 Å². The van der Waals surface area contributed by atoms with E-state index >= 15 is 0 Å². The van der Waals surface area contributed by atoms with E-state index in [4.69, 9.17) is 4.74 Å². The number of ether oxygens (including phenoxy) is 1. The van der Waals surface area contributed by atoms with E-state index in [1.165, 1.54) is 22.6 Å². The number of hydrogen-bond acceptors (Lipinski definition) is 5. The molecule has 1 atom stereocenters. The monoisotopic (exact) mass is 298 g/mol. The van der Waals surface area contributed by atoms with Gasteiger partial charge in [-0.15, -0.1) is 0 Å². The maximum atomic E-state index is 5.48. The van der Waals surface area contributed by atoms with Gasteiger partial charge in [0.05, 0.1) is 25.5 Å². The number of allylic oxidation sites excluding steroid dienone is 1. The van der Waals surface area contributed by atoms with Gasteiger partial charge in [0.2, 0.25) is 0 Å². The lowest BCUT2D eigenvalue weighted by Crippen LogP contribution is -2.40. The summed E-state index contributed by atoms with van der Waals surface area (Å²) >= 11 is 0. The van der Waals surface area contributed by atoms with Crippen LogP contribution >= 0.6 is 0 Å². The topological polar surface area (TPSA) is 40.1 Å².